The molecule has 0 atom stereocenters. The average Bonchev–Trinajstić information content (AvgIpc) is 3.19. The predicted octanol–water partition coefficient (Wildman–Crippen LogP) is 2.49. The fourth-order valence-corrected chi connectivity index (χ4v) is 3.20. The van der Waals surface area contributed by atoms with Crippen LogP contribution in [0.2, 0.25) is 0 Å². The van der Waals surface area contributed by atoms with Crippen LogP contribution in [0.5, 0.6) is 5.75 Å². The molecule has 1 aromatic heterocycles. The molecule has 0 unspecified atom stereocenters. The lowest BCUT2D eigenvalue weighted by Gasteiger charge is -2.07. The molecular formula is C15H19N3O3S. The molecule has 2 aromatic rings. The smallest absolute Gasteiger partial charge is 0.261 e. The maximum absolute atomic E-state index is 12.3. The first-order valence-corrected chi connectivity index (χ1v) is 8.83. The monoisotopic (exact) mass is 321 g/mol. The lowest BCUT2D eigenvalue weighted by Crippen LogP contribution is -2.12. The SMILES string of the molecule is CCOc1ccc(S(=O)(=O)Nc2cnn(CC3CC3)c2)cc1. The maximum Gasteiger partial charge on any atom is 0.261 e. The van der Waals surface area contributed by atoms with Gasteiger partial charge in [0.15, 0.2) is 0 Å². The molecule has 1 N–H and O–H groups in total. The van der Waals surface area contributed by atoms with Crippen LogP contribution in [0.15, 0.2) is 41.6 Å². The van der Waals surface area contributed by atoms with Crippen molar-refractivity contribution in [3.63, 3.8) is 0 Å². The normalized spacial score (nSPS) is 14.8. The van der Waals surface area contributed by atoms with E-state index in [-0.39, 0.29) is 4.90 Å². The van der Waals surface area contributed by atoms with Crippen LogP contribution < -0.4 is 9.46 Å². The van der Waals surface area contributed by atoms with E-state index in [4.69, 9.17) is 4.74 Å². The van der Waals surface area contributed by atoms with Gasteiger partial charge in [-0.2, -0.15) is 5.10 Å². The Morgan fingerprint density at radius 2 is 2.05 bits per heavy atom. The van der Waals surface area contributed by atoms with Crippen molar-refractivity contribution < 1.29 is 13.2 Å². The van der Waals surface area contributed by atoms with E-state index in [9.17, 15) is 8.42 Å². The Hall–Kier alpha value is -2.02. The van der Waals surface area contributed by atoms with Crippen LogP contribution in [-0.2, 0) is 16.6 Å². The second-order valence-corrected chi connectivity index (χ2v) is 7.09. The van der Waals surface area contributed by atoms with Gasteiger partial charge < -0.3 is 4.74 Å². The summed E-state index contributed by atoms with van der Waals surface area (Å²) in [5.74, 6) is 1.34. The quantitative estimate of drug-likeness (QED) is 0.850. The molecule has 0 spiro atoms. The highest BCUT2D eigenvalue weighted by Gasteiger charge is 2.22. The zero-order valence-corrected chi connectivity index (χ0v) is 13.2. The summed E-state index contributed by atoms with van der Waals surface area (Å²) >= 11 is 0. The van der Waals surface area contributed by atoms with E-state index in [1.54, 1.807) is 23.0 Å². The third-order valence-corrected chi connectivity index (χ3v) is 4.87. The number of nitrogens with zero attached hydrogens (tertiary/aromatic N) is 2. The van der Waals surface area contributed by atoms with Crippen molar-refractivity contribution in [2.45, 2.75) is 31.2 Å². The van der Waals surface area contributed by atoms with Crippen molar-refractivity contribution >= 4 is 15.7 Å². The summed E-state index contributed by atoms with van der Waals surface area (Å²) in [5, 5.41) is 4.18. The molecule has 1 heterocycles. The molecule has 0 radical (unpaired) electrons. The van der Waals surface area contributed by atoms with Crippen molar-refractivity contribution in [2.24, 2.45) is 5.92 Å². The molecular weight excluding hydrogens is 302 g/mol. The second kappa shape index (κ2) is 6.00. The maximum atomic E-state index is 12.3. The van der Waals surface area contributed by atoms with Crippen LogP contribution in [-0.4, -0.2) is 24.8 Å². The molecule has 22 heavy (non-hydrogen) atoms. The van der Waals surface area contributed by atoms with Gasteiger partial charge >= 0.3 is 0 Å². The summed E-state index contributed by atoms with van der Waals surface area (Å²) in [7, 11) is -3.60. The Morgan fingerprint density at radius 3 is 2.68 bits per heavy atom. The Labute approximate surface area is 130 Å². The van der Waals surface area contributed by atoms with Gasteiger partial charge in [0, 0.05) is 12.7 Å². The minimum Gasteiger partial charge on any atom is -0.494 e. The number of nitrogens with one attached hydrogen (secondary N) is 1. The number of sulfonamides is 1. The van der Waals surface area contributed by atoms with Gasteiger partial charge in [-0.15, -0.1) is 0 Å². The van der Waals surface area contributed by atoms with Crippen molar-refractivity contribution in [3.05, 3.63) is 36.7 Å². The molecule has 0 bridgehead atoms. The molecule has 118 valence electrons. The number of hydrogen-bond acceptors (Lipinski definition) is 4. The molecule has 0 aliphatic heterocycles. The van der Waals surface area contributed by atoms with Gasteiger partial charge in [0.05, 0.1) is 23.4 Å². The third-order valence-electron chi connectivity index (χ3n) is 3.47. The molecule has 7 heteroatoms. The molecule has 0 saturated heterocycles. The lowest BCUT2D eigenvalue weighted by molar-refractivity contribution is 0.340. The van der Waals surface area contributed by atoms with Gasteiger partial charge in [0.1, 0.15) is 5.75 Å². The fourth-order valence-electron chi connectivity index (χ4n) is 2.18. The minimum atomic E-state index is -3.60. The summed E-state index contributed by atoms with van der Waals surface area (Å²) < 4.78 is 34.3. The number of ether oxygens (including phenoxy) is 1. The van der Waals surface area contributed by atoms with Crippen LogP contribution in [0.4, 0.5) is 5.69 Å². The summed E-state index contributed by atoms with van der Waals surface area (Å²) in [4.78, 5) is 0.200. The standard InChI is InChI=1S/C15H19N3O3S/c1-2-21-14-5-7-15(8-6-14)22(19,20)17-13-9-16-18(11-13)10-12-3-4-12/h5-9,11-12,17H,2-4,10H2,1H3. The Balaban J connectivity index is 1.70. The number of benzene rings is 1. The van der Waals surface area contributed by atoms with E-state index in [0.717, 1.165) is 6.54 Å². The topological polar surface area (TPSA) is 73.2 Å². The first kappa shape index (κ1) is 14.9. The highest BCUT2D eigenvalue weighted by Crippen LogP contribution is 2.30. The van der Waals surface area contributed by atoms with Crippen LogP contribution in [0.1, 0.15) is 19.8 Å². The summed E-state index contributed by atoms with van der Waals surface area (Å²) in [6.07, 6.45) is 5.72. The average molecular weight is 321 g/mol. The van der Waals surface area contributed by atoms with Crippen molar-refractivity contribution in [3.8, 4) is 5.75 Å². The molecule has 1 aromatic carbocycles. The summed E-state index contributed by atoms with van der Waals surface area (Å²) in [5.41, 5.74) is 0.481. The molecule has 6 nitrogen and oxygen atoms in total. The van der Waals surface area contributed by atoms with E-state index in [1.807, 2.05) is 6.92 Å². The zero-order chi connectivity index (χ0) is 15.6. The van der Waals surface area contributed by atoms with E-state index in [2.05, 4.69) is 9.82 Å². The van der Waals surface area contributed by atoms with Crippen molar-refractivity contribution in [1.82, 2.24) is 9.78 Å². The minimum absolute atomic E-state index is 0.200. The van der Waals surface area contributed by atoms with Crippen molar-refractivity contribution in [1.29, 1.82) is 0 Å². The van der Waals surface area contributed by atoms with Gasteiger partial charge in [-0.1, -0.05) is 0 Å². The number of aromatic nitrogens is 2. The molecule has 1 aliphatic carbocycles. The molecule has 3 rings (SSSR count). The number of hydrogen-bond donors (Lipinski definition) is 1. The van der Waals surface area contributed by atoms with Gasteiger partial charge in [0.2, 0.25) is 0 Å². The first-order valence-electron chi connectivity index (χ1n) is 7.35. The van der Waals surface area contributed by atoms with E-state index < -0.39 is 10.0 Å². The highest BCUT2D eigenvalue weighted by molar-refractivity contribution is 7.92. The largest absolute Gasteiger partial charge is 0.494 e. The summed E-state index contributed by atoms with van der Waals surface area (Å²) in [6.45, 7) is 3.28. The third kappa shape index (κ3) is 3.59. The van der Waals surface area contributed by atoms with Gasteiger partial charge in [-0.05, 0) is 49.9 Å². The second-order valence-electron chi connectivity index (χ2n) is 5.40. The Kier molecular flexibility index (Phi) is 4.06. The van der Waals surface area contributed by atoms with Gasteiger partial charge in [0.25, 0.3) is 10.0 Å². The Bertz CT molecular complexity index is 734. The fraction of sp³-hybridized carbons (Fsp3) is 0.400. The van der Waals surface area contributed by atoms with E-state index in [0.29, 0.717) is 24.0 Å². The van der Waals surface area contributed by atoms with Crippen molar-refractivity contribution in [2.75, 3.05) is 11.3 Å². The molecule has 1 saturated carbocycles. The molecule has 0 amide bonds. The van der Waals surface area contributed by atoms with Crippen LogP contribution in [0.25, 0.3) is 0 Å². The lowest BCUT2D eigenvalue weighted by atomic mass is 10.3. The Morgan fingerprint density at radius 1 is 1.32 bits per heavy atom. The first-order chi connectivity index (χ1) is 10.6. The van der Waals surface area contributed by atoms with Crippen LogP contribution >= 0.6 is 0 Å². The molecule has 1 fully saturated rings. The number of rotatable bonds is 7. The number of anilines is 1. The zero-order valence-electron chi connectivity index (χ0n) is 12.4. The van der Waals surface area contributed by atoms with Crippen LogP contribution in [0, 0.1) is 5.92 Å². The van der Waals surface area contributed by atoms with Gasteiger partial charge in [-0.3, -0.25) is 9.40 Å². The predicted molar refractivity (Wildman–Crippen MR) is 83.4 cm³/mol. The van der Waals surface area contributed by atoms with E-state index in [1.165, 1.54) is 31.2 Å². The molecule has 1 aliphatic rings. The van der Waals surface area contributed by atoms with Crippen LogP contribution in [0.3, 0.4) is 0 Å². The van der Waals surface area contributed by atoms with E-state index >= 15 is 0 Å². The van der Waals surface area contributed by atoms with Gasteiger partial charge in [-0.25, -0.2) is 8.42 Å². The highest BCUT2D eigenvalue weighted by atomic mass is 32.2. The summed E-state index contributed by atoms with van der Waals surface area (Å²) in [6, 6.07) is 6.35.